The van der Waals surface area contributed by atoms with Gasteiger partial charge in [0.05, 0.1) is 0 Å². The molecule has 0 atom stereocenters. The van der Waals surface area contributed by atoms with Gasteiger partial charge < -0.3 is 16.0 Å². The zero-order valence-corrected chi connectivity index (χ0v) is 19.3. The molecule has 1 fully saturated rings. The fraction of sp³-hybridized carbons (Fsp3) is 0.360. The Labute approximate surface area is 189 Å². The predicted octanol–water partition coefficient (Wildman–Crippen LogP) is 6.26. The summed E-state index contributed by atoms with van der Waals surface area (Å²) >= 11 is 5.99. The number of nitrogens with zero attached hydrogens (tertiary/aromatic N) is 2. The van der Waals surface area contributed by atoms with Gasteiger partial charge in [-0.2, -0.15) is 4.98 Å². The maximum atomic E-state index is 5.99. The summed E-state index contributed by atoms with van der Waals surface area (Å²) in [5, 5.41) is 11.4. The van der Waals surface area contributed by atoms with Gasteiger partial charge in [0.2, 0.25) is 5.95 Å². The Morgan fingerprint density at radius 2 is 1.45 bits per heavy atom. The zero-order valence-electron chi connectivity index (χ0n) is 18.5. The number of hydrogen-bond acceptors (Lipinski definition) is 5. The van der Waals surface area contributed by atoms with Crippen LogP contribution < -0.4 is 16.0 Å². The summed E-state index contributed by atoms with van der Waals surface area (Å²) in [4.78, 5) is 9.12. The van der Waals surface area contributed by atoms with E-state index in [-0.39, 0.29) is 11.1 Å². The van der Waals surface area contributed by atoms with Gasteiger partial charge in [-0.15, -0.1) is 0 Å². The molecule has 1 aliphatic rings. The fourth-order valence-corrected chi connectivity index (χ4v) is 4.77. The Hall–Kier alpha value is -2.63. The number of rotatable bonds is 5. The molecule has 0 aliphatic carbocycles. The minimum Gasteiger partial charge on any atom is -0.351 e. The zero-order chi connectivity index (χ0) is 22.1. The first-order valence-electron chi connectivity index (χ1n) is 10.7. The second-order valence-corrected chi connectivity index (χ2v) is 10.1. The molecule has 0 bridgehead atoms. The minimum absolute atomic E-state index is 0.0705. The summed E-state index contributed by atoms with van der Waals surface area (Å²) in [5.74, 6) is 1.42. The first kappa shape index (κ1) is 21.6. The lowest BCUT2D eigenvalue weighted by Crippen LogP contribution is -2.60. The maximum Gasteiger partial charge on any atom is 0.224 e. The Morgan fingerprint density at radius 1 is 0.871 bits per heavy atom. The van der Waals surface area contributed by atoms with Crippen LogP contribution in [-0.4, -0.2) is 27.1 Å². The van der Waals surface area contributed by atoms with Crippen LogP contribution in [0.3, 0.4) is 0 Å². The van der Waals surface area contributed by atoms with E-state index in [1.54, 1.807) is 6.20 Å². The highest BCUT2D eigenvalue weighted by Gasteiger charge is 2.37. The Bertz CT molecular complexity index is 1010. The molecule has 0 amide bonds. The first-order chi connectivity index (χ1) is 14.7. The first-order valence-corrected chi connectivity index (χ1v) is 11.1. The normalized spacial score (nSPS) is 17.8. The van der Waals surface area contributed by atoms with E-state index in [0.717, 1.165) is 40.5 Å². The fourth-order valence-electron chi connectivity index (χ4n) is 4.64. The van der Waals surface area contributed by atoms with E-state index in [9.17, 15) is 0 Å². The summed E-state index contributed by atoms with van der Waals surface area (Å²) in [6.07, 6.45) is 3.82. The molecule has 0 unspecified atom stereocenters. The summed E-state index contributed by atoms with van der Waals surface area (Å²) < 4.78 is 0. The van der Waals surface area contributed by atoms with Crippen molar-refractivity contribution in [1.82, 2.24) is 15.3 Å². The van der Waals surface area contributed by atoms with Crippen molar-refractivity contribution >= 4 is 29.1 Å². The van der Waals surface area contributed by atoms with Gasteiger partial charge in [-0.3, -0.25) is 0 Å². The van der Waals surface area contributed by atoms with Crippen LogP contribution in [0.25, 0.3) is 11.1 Å². The number of nitrogens with one attached hydrogen (secondary N) is 3. The average Bonchev–Trinajstić information content (AvgIpc) is 2.67. The van der Waals surface area contributed by atoms with Gasteiger partial charge in [0.1, 0.15) is 5.82 Å². The molecule has 31 heavy (non-hydrogen) atoms. The molecule has 1 aromatic heterocycles. The van der Waals surface area contributed by atoms with Gasteiger partial charge in [0.15, 0.2) is 0 Å². The summed E-state index contributed by atoms with van der Waals surface area (Å²) in [6, 6.07) is 18.3. The molecular weight excluding hydrogens is 406 g/mol. The van der Waals surface area contributed by atoms with Crippen molar-refractivity contribution < 1.29 is 0 Å². The van der Waals surface area contributed by atoms with Gasteiger partial charge >= 0.3 is 0 Å². The molecule has 0 radical (unpaired) electrons. The van der Waals surface area contributed by atoms with Crippen LogP contribution in [0.5, 0.6) is 0 Å². The number of anilines is 3. The van der Waals surface area contributed by atoms with Gasteiger partial charge in [0.25, 0.3) is 0 Å². The Kier molecular flexibility index (Phi) is 5.91. The van der Waals surface area contributed by atoms with Crippen LogP contribution in [0, 0.1) is 0 Å². The molecule has 4 rings (SSSR count). The second-order valence-electron chi connectivity index (χ2n) is 9.62. The van der Waals surface area contributed by atoms with E-state index in [1.165, 1.54) is 0 Å². The molecule has 2 aromatic carbocycles. The lowest BCUT2D eigenvalue weighted by Gasteiger charge is -2.46. The molecule has 162 valence electrons. The topological polar surface area (TPSA) is 61.9 Å². The molecule has 6 heteroatoms. The molecule has 3 N–H and O–H groups in total. The number of piperidine rings is 1. The van der Waals surface area contributed by atoms with Gasteiger partial charge in [-0.05, 0) is 82.0 Å². The minimum atomic E-state index is 0.0705. The Balaban J connectivity index is 1.43. The molecule has 0 saturated carbocycles. The quantitative estimate of drug-likeness (QED) is 0.441. The predicted molar refractivity (Wildman–Crippen MR) is 130 cm³/mol. The number of halogens is 1. The molecule has 5 nitrogen and oxygen atoms in total. The van der Waals surface area contributed by atoms with Crippen molar-refractivity contribution in [2.24, 2.45) is 0 Å². The number of hydrogen-bond donors (Lipinski definition) is 3. The van der Waals surface area contributed by atoms with Crippen LogP contribution in [-0.2, 0) is 0 Å². The van der Waals surface area contributed by atoms with E-state index in [4.69, 9.17) is 11.6 Å². The SMILES string of the molecule is CC1(C)CC(Nc2nccc(Nc3ccc(-c4ccc(Cl)cc4)cc3)n2)CC(C)(C)N1. The molecular formula is C25H30ClN5. The van der Waals surface area contributed by atoms with Crippen LogP contribution in [0.2, 0.25) is 5.02 Å². The highest BCUT2D eigenvalue weighted by Crippen LogP contribution is 2.30. The van der Waals surface area contributed by atoms with E-state index in [2.05, 4.69) is 77.9 Å². The third kappa shape index (κ3) is 5.75. The van der Waals surface area contributed by atoms with Crippen LogP contribution in [0.1, 0.15) is 40.5 Å². The third-order valence-electron chi connectivity index (χ3n) is 5.51. The number of benzene rings is 2. The van der Waals surface area contributed by atoms with Crippen molar-refractivity contribution in [3.8, 4) is 11.1 Å². The van der Waals surface area contributed by atoms with Gasteiger partial charge in [-0.1, -0.05) is 35.9 Å². The molecule has 1 aliphatic heterocycles. The van der Waals surface area contributed by atoms with Crippen LogP contribution in [0.4, 0.5) is 17.5 Å². The standard InChI is InChI=1S/C25H30ClN5/c1-24(2)15-21(16-25(3,4)31-24)29-23-27-14-13-22(30-23)28-20-11-7-18(8-12-20)17-5-9-19(26)10-6-17/h5-14,21,31H,15-16H2,1-4H3,(H2,27,28,29,30). The van der Waals surface area contributed by atoms with Gasteiger partial charge in [0, 0.05) is 34.0 Å². The maximum absolute atomic E-state index is 5.99. The lowest BCUT2D eigenvalue weighted by atomic mass is 9.80. The monoisotopic (exact) mass is 435 g/mol. The van der Waals surface area contributed by atoms with E-state index in [0.29, 0.717) is 12.0 Å². The smallest absolute Gasteiger partial charge is 0.224 e. The third-order valence-corrected chi connectivity index (χ3v) is 5.77. The average molecular weight is 436 g/mol. The van der Waals surface area contributed by atoms with Crippen LogP contribution >= 0.6 is 11.6 Å². The molecule has 1 saturated heterocycles. The molecule has 2 heterocycles. The van der Waals surface area contributed by atoms with E-state index in [1.807, 2.05) is 30.3 Å². The van der Waals surface area contributed by atoms with Crippen molar-refractivity contribution in [2.45, 2.75) is 57.7 Å². The summed E-state index contributed by atoms with van der Waals surface area (Å²) in [5.41, 5.74) is 3.40. The van der Waals surface area contributed by atoms with Gasteiger partial charge in [-0.25, -0.2) is 4.98 Å². The second kappa shape index (κ2) is 8.48. The van der Waals surface area contributed by atoms with Crippen molar-refractivity contribution in [2.75, 3.05) is 10.6 Å². The highest BCUT2D eigenvalue weighted by atomic mass is 35.5. The largest absolute Gasteiger partial charge is 0.351 e. The lowest BCUT2D eigenvalue weighted by molar-refractivity contribution is 0.170. The Morgan fingerprint density at radius 3 is 2.06 bits per heavy atom. The van der Waals surface area contributed by atoms with E-state index < -0.39 is 0 Å². The molecule has 3 aromatic rings. The summed E-state index contributed by atoms with van der Waals surface area (Å²) in [7, 11) is 0. The molecule has 0 spiro atoms. The number of aromatic nitrogens is 2. The van der Waals surface area contributed by atoms with E-state index >= 15 is 0 Å². The van der Waals surface area contributed by atoms with Crippen molar-refractivity contribution in [3.05, 3.63) is 65.8 Å². The summed E-state index contributed by atoms with van der Waals surface area (Å²) in [6.45, 7) is 8.98. The van der Waals surface area contributed by atoms with Crippen LogP contribution in [0.15, 0.2) is 60.8 Å². The van der Waals surface area contributed by atoms with Crippen molar-refractivity contribution in [1.29, 1.82) is 0 Å². The van der Waals surface area contributed by atoms with Crippen molar-refractivity contribution in [3.63, 3.8) is 0 Å². The highest BCUT2D eigenvalue weighted by molar-refractivity contribution is 6.30.